The highest BCUT2D eigenvalue weighted by molar-refractivity contribution is 8.00. The molecule has 4 fully saturated rings. The molecule has 4 saturated heterocycles. The van der Waals surface area contributed by atoms with E-state index in [9.17, 15) is 24.0 Å². The number of amides is 6. The molecule has 0 bridgehead atoms. The summed E-state index contributed by atoms with van der Waals surface area (Å²) in [6.07, 6.45) is 15.3. The van der Waals surface area contributed by atoms with Crippen molar-refractivity contribution in [1.29, 1.82) is 0 Å². The van der Waals surface area contributed by atoms with E-state index in [-0.39, 0.29) is 47.7 Å². The third kappa shape index (κ3) is 10.5. The molecule has 16 heteroatoms. The monoisotopic (exact) mass is 785 g/mol. The maximum absolute atomic E-state index is 14.7. The number of fused-ring (bicyclic) bond motifs is 1. The molecule has 0 aromatic rings. The van der Waals surface area contributed by atoms with Gasteiger partial charge in [0, 0.05) is 49.0 Å². The first-order valence-electron chi connectivity index (χ1n) is 19.7. The van der Waals surface area contributed by atoms with Crippen LogP contribution < -0.4 is 26.6 Å². The molecule has 5 aliphatic rings. The number of nitrogens with one attached hydrogen (secondary N) is 5. The van der Waals surface area contributed by atoms with Gasteiger partial charge in [0.2, 0.25) is 23.6 Å². The Morgan fingerprint density at radius 1 is 1.07 bits per heavy atom. The van der Waals surface area contributed by atoms with E-state index >= 15 is 0 Å². The first-order chi connectivity index (χ1) is 26.2. The molecule has 5 aliphatic heterocycles. The lowest BCUT2D eigenvalue weighted by atomic mass is 9.87. The molecule has 54 heavy (non-hydrogen) atoms. The molecule has 0 saturated carbocycles. The van der Waals surface area contributed by atoms with E-state index in [1.54, 1.807) is 18.0 Å². The Morgan fingerprint density at radius 3 is 2.59 bits per heavy atom. The fraction of sp³-hybridized carbons (Fsp3) is 0.711. The normalized spacial score (nSPS) is 28.6. The number of urea groups is 1. The smallest absolute Gasteiger partial charge is 0.315 e. The van der Waals surface area contributed by atoms with Crippen LogP contribution in [0.3, 0.4) is 0 Å². The molecule has 0 aromatic heterocycles. The van der Waals surface area contributed by atoms with Gasteiger partial charge in [0.25, 0.3) is 0 Å². The van der Waals surface area contributed by atoms with Crippen LogP contribution in [-0.2, 0) is 19.2 Å². The second kappa shape index (κ2) is 20.5. The van der Waals surface area contributed by atoms with E-state index in [2.05, 4.69) is 42.8 Å². The van der Waals surface area contributed by atoms with Crippen molar-refractivity contribution in [3.63, 3.8) is 0 Å². The average molecular weight is 786 g/mol. The van der Waals surface area contributed by atoms with Crippen LogP contribution in [0.15, 0.2) is 46.1 Å². The second-order valence-electron chi connectivity index (χ2n) is 14.8. The summed E-state index contributed by atoms with van der Waals surface area (Å²) >= 11 is 3.08. The number of thioether (sulfide) groups is 1. The van der Waals surface area contributed by atoms with E-state index in [0.717, 1.165) is 49.9 Å². The van der Waals surface area contributed by atoms with E-state index < -0.39 is 29.5 Å². The van der Waals surface area contributed by atoms with Gasteiger partial charge in [-0.1, -0.05) is 57.1 Å². The van der Waals surface area contributed by atoms with Gasteiger partial charge in [0.1, 0.15) is 23.5 Å². The lowest BCUT2D eigenvalue weighted by molar-refractivity contribution is -0.145. The van der Waals surface area contributed by atoms with Gasteiger partial charge >= 0.3 is 6.03 Å². The molecule has 0 aliphatic carbocycles. The van der Waals surface area contributed by atoms with Crippen LogP contribution in [0.25, 0.3) is 0 Å². The number of hydrogen-bond acceptors (Lipinski definition) is 10. The van der Waals surface area contributed by atoms with E-state index in [1.165, 1.54) is 11.9 Å². The molecule has 8 atom stereocenters. The van der Waals surface area contributed by atoms with Crippen LogP contribution in [0, 0.1) is 5.92 Å². The van der Waals surface area contributed by atoms with Crippen LogP contribution >= 0.6 is 23.7 Å². The second-order valence-corrected chi connectivity index (χ2v) is 16.9. The van der Waals surface area contributed by atoms with E-state index in [4.69, 9.17) is 0 Å². The number of carbonyl (C=O) groups excluding carboxylic acids is 5. The summed E-state index contributed by atoms with van der Waals surface area (Å²) in [4.78, 5) is 70.8. The number of rotatable bonds is 16. The standard InChI is InChI=1S/C38H59N9O5S2/c1-5-8-14-24(6-2)31-36(54-45-44-31)43-35(50)28-15-10-9-13-20-47(28)37(51)32(41-34(49)26(7-3)39-4)25-18-21-46(22-19-25)30(48)17-12-11-16-29-33-27(23-53-29)40-38(52)42-33/h5-6,8,14,25-29,31-33,36,39H,2,7,9-13,15-23H2,1,3-4H3,(H,41,49)(H,43,50)(H2,40,42,52)/b8-5-,24-14+/t26-,27?,28?,29-,31?,32?,33?,36?/m0/s1. The topological polar surface area (TPSA) is 177 Å². The summed E-state index contributed by atoms with van der Waals surface area (Å²) in [5, 5.41) is 19.6. The van der Waals surface area contributed by atoms with Crippen LogP contribution in [0.4, 0.5) is 4.79 Å². The van der Waals surface area contributed by atoms with Gasteiger partial charge in [-0.3, -0.25) is 19.2 Å². The summed E-state index contributed by atoms with van der Waals surface area (Å²) < 4.78 is 4.15. The molecular formula is C38H59N9O5S2. The van der Waals surface area contributed by atoms with Crippen LogP contribution in [-0.4, -0.2) is 119 Å². The van der Waals surface area contributed by atoms with Gasteiger partial charge < -0.3 is 36.4 Å². The Labute approximate surface area is 328 Å². The molecular weight excluding hydrogens is 727 g/mol. The van der Waals surface area contributed by atoms with Crippen molar-refractivity contribution < 1.29 is 24.0 Å². The molecule has 6 amide bonds. The van der Waals surface area contributed by atoms with Gasteiger partial charge in [-0.05, 0) is 70.4 Å². The summed E-state index contributed by atoms with van der Waals surface area (Å²) in [5.41, 5.74) is 0.836. The Kier molecular flexibility index (Phi) is 15.9. The fourth-order valence-electron chi connectivity index (χ4n) is 8.21. The highest BCUT2D eigenvalue weighted by atomic mass is 32.2. The molecule has 14 nitrogen and oxygen atoms in total. The summed E-state index contributed by atoms with van der Waals surface area (Å²) in [6, 6.07) is -2.10. The number of allylic oxidation sites excluding steroid dienone is 3. The quantitative estimate of drug-likeness (QED) is 0.0680. The lowest BCUT2D eigenvalue weighted by Crippen LogP contribution is -2.61. The average Bonchev–Trinajstić information content (AvgIpc) is 3.83. The maximum Gasteiger partial charge on any atom is 0.315 e. The Hall–Kier alpha value is -3.37. The number of likely N-dealkylation sites (tertiary alicyclic amines) is 2. The highest BCUT2D eigenvalue weighted by Gasteiger charge is 2.44. The zero-order valence-electron chi connectivity index (χ0n) is 32.0. The molecule has 0 aromatic carbocycles. The van der Waals surface area contributed by atoms with Gasteiger partial charge in [-0.15, -0.1) is 4.52 Å². The van der Waals surface area contributed by atoms with Crippen LogP contribution in [0.1, 0.15) is 84.5 Å². The van der Waals surface area contributed by atoms with Crippen LogP contribution in [0.5, 0.6) is 0 Å². The summed E-state index contributed by atoms with van der Waals surface area (Å²) in [7, 11) is 1.73. The predicted molar refractivity (Wildman–Crippen MR) is 214 cm³/mol. The zero-order valence-corrected chi connectivity index (χ0v) is 33.6. The van der Waals surface area contributed by atoms with Crippen molar-refractivity contribution in [3.8, 4) is 0 Å². The summed E-state index contributed by atoms with van der Waals surface area (Å²) in [6.45, 7) is 9.20. The minimum Gasteiger partial charge on any atom is -0.343 e. The molecule has 5 rings (SSSR count). The summed E-state index contributed by atoms with van der Waals surface area (Å²) in [5.74, 6) is 0.106. The van der Waals surface area contributed by atoms with E-state index in [0.29, 0.717) is 57.0 Å². The Bertz CT molecular complexity index is 1450. The zero-order chi connectivity index (χ0) is 38.6. The fourth-order valence-corrected chi connectivity index (χ4v) is 10.5. The third-order valence-corrected chi connectivity index (χ3v) is 13.7. The van der Waals surface area contributed by atoms with Crippen molar-refractivity contribution in [1.82, 2.24) is 36.4 Å². The SMILES string of the molecule is C=C/C(=C\C=C/C)C1N=NSC1NC(=O)C1CCCCCN1C(=O)C(NC(=O)[C@H](CC)NC)C1CCN(C(=O)CCCC[C@@H]2SCC3NC(=O)NC32)CC1. The highest BCUT2D eigenvalue weighted by Crippen LogP contribution is 2.34. The van der Waals surface area contributed by atoms with Crippen molar-refractivity contribution in [2.24, 2.45) is 15.6 Å². The number of nitrogens with zero attached hydrogens (tertiary/aromatic N) is 4. The molecule has 6 unspecified atom stereocenters. The largest absolute Gasteiger partial charge is 0.343 e. The molecule has 5 heterocycles. The van der Waals surface area contributed by atoms with Gasteiger partial charge in [-0.25, -0.2) is 4.79 Å². The third-order valence-electron chi connectivity index (χ3n) is 11.4. The van der Waals surface area contributed by atoms with Crippen molar-refractivity contribution in [3.05, 3.63) is 36.5 Å². The number of unbranched alkanes of at least 4 members (excludes halogenated alkanes) is 1. The first-order valence-corrected chi connectivity index (χ1v) is 21.6. The van der Waals surface area contributed by atoms with Gasteiger partial charge in [-0.2, -0.15) is 16.9 Å². The minimum absolute atomic E-state index is 0.0852. The predicted octanol–water partition coefficient (Wildman–Crippen LogP) is 3.82. The number of likely N-dealkylation sites (N-methyl/N-ethyl adjacent to an activating group) is 1. The number of carbonyl (C=O) groups is 5. The Morgan fingerprint density at radius 2 is 1.87 bits per heavy atom. The van der Waals surface area contributed by atoms with Gasteiger partial charge in [0.05, 0.1) is 18.1 Å². The Balaban J connectivity index is 1.21. The van der Waals surface area contributed by atoms with E-state index in [1.807, 2.05) is 48.7 Å². The molecule has 5 N–H and O–H groups in total. The molecule has 298 valence electrons. The minimum atomic E-state index is -0.821. The van der Waals surface area contributed by atoms with Gasteiger partial charge in [0.15, 0.2) is 0 Å². The van der Waals surface area contributed by atoms with Crippen molar-refractivity contribution in [2.45, 2.75) is 131 Å². The lowest BCUT2D eigenvalue weighted by Gasteiger charge is -2.39. The number of piperidine rings is 1. The van der Waals surface area contributed by atoms with Crippen molar-refractivity contribution in [2.75, 3.05) is 32.4 Å². The molecule has 0 spiro atoms. The molecule has 0 radical (unpaired) electrons. The maximum atomic E-state index is 14.7. The first kappa shape index (κ1) is 41.8. The van der Waals surface area contributed by atoms with Crippen molar-refractivity contribution >= 4 is 53.4 Å². The number of hydrogen-bond donors (Lipinski definition) is 5. The van der Waals surface area contributed by atoms with Crippen LogP contribution in [0.2, 0.25) is 0 Å².